The number of benzene rings is 2. The average molecular weight is 344 g/mol. The Morgan fingerprint density at radius 1 is 0.885 bits per heavy atom. The smallest absolute Gasteiger partial charge is 0.236 e. The van der Waals surface area contributed by atoms with Crippen LogP contribution < -0.4 is 0 Å². The van der Waals surface area contributed by atoms with Crippen LogP contribution in [0.15, 0.2) is 71.4 Å². The maximum Gasteiger partial charge on any atom is 0.236 e. The predicted molar refractivity (Wildman–Crippen MR) is 99.7 cm³/mol. The summed E-state index contributed by atoms with van der Waals surface area (Å²) < 4.78 is 7.66. The van der Waals surface area contributed by atoms with Crippen LogP contribution in [0.1, 0.15) is 23.0 Å². The van der Waals surface area contributed by atoms with Gasteiger partial charge in [0.05, 0.1) is 12.0 Å². The molecule has 0 saturated heterocycles. The molecule has 4 rings (SSSR count). The van der Waals surface area contributed by atoms with Gasteiger partial charge >= 0.3 is 0 Å². The average Bonchev–Trinajstić information content (AvgIpc) is 3.28. The molecule has 5 nitrogen and oxygen atoms in total. The van der Waals surface area contributed by atoms with Crippen molar-refractivity contribution in [1.82, 2.24) is 19.7 Å². The third-order valence-corrected chi connectivity index (χ3v) is 4.36. The topological polar surface area (TPSA) is 56.7 Å². The van der Waals surface area contributed by atoms with Gasteiger partial charge in [-0.1, -0.05) is 60.7 Å². The van der Waals surface area contributed by atoms with E-state index in [9.17, 15) is 0 Å². The normalized spacial score (nSPS) is 11.0. The molecule has 0 atom stereocenters. The Morgan fingerprint density at radius 3 is 2.31 bits per heavy atom. The highest BCUT2D eigenvalue weighted by Crippen LogP contribution is 2.24. The summed E-state index contributed by atoms with van der Waals surface area (Å²) in [5.74, 6) is 1.18. The van der Waals surface area contributed by atoms with Crippen molar-refractivity contribution in [3.63, 3.8) is 0 Å². The third-order valence-electron chi connectivity index (χ3n) is 4.36. The molecule has 2 aromatic carbocycles. The van der Waals surface area contributed by atoms with Crippen LogP contribution >= 0.6 is 0 Å². The van der Waals surface area contributed by atoms with E-state index in [1.54, 1.807) is 6.92 Å². The van der Waals surface area contributed by atoms with E-state index in [4.69, 9.17) is 4.42 Å². The summed E-state index contributed by atoms with van der Waals surface area (Å²) in [7, 11) is 0. The summed E-state index contributed by atoms with van der Waals surface area (Å²) in [6.45, 7) is 2.33. The van der Waals surface area contributed by atoms with E-state index in [1.807, 2.05) is 30.6 Å². The largest absolute Gasteiger partial charge is 0.424 e. The number of hydrogen-bond donors (Lipinski definition) is 0. The standard InChI is InChI=1S/C21H20N4O/c1-16-23-24-20(26-16)14-25-15-22-21(18-10-6-3-7-11-18)19(25)13-12-17-8-4-2-5-9-17/h2-11,15H,12-14H2,1H3. The van der Waals surface area contributed by atoms with Crippen LogP contribution in [0.4, 0.5) is 0 Å². The van der Waals surface area contributed by atoms with E-state index in [2.05, 4.69) is 56.1 Å². The second kappa shape index (κ2) is 7.35. The lowest BCUT2D eigenvalue weighted by atomic mass is 10.0. The number of imidazole rings is 1. The second-order valence-corrected chi connectivity index (χ2v) is 6.23. The zero-order valence-electron chi connectivity index (χ0n) is 14.7. The Balaban J connectivity index is 1.66. The SMILES string of the molecule is Cc1nnc(Cn2cnc(-c3ccccc3)c2CCc2ccccc2)o1. The zero-order valence-corrected chi connectivity index (χ0v) is 14.7. The maximum atomic E-state index is 5.55. The van der Waals surface area contributed by atoms with Gasteiger partial charge in [-0.15, -0.1) is 10.2 Å². The van der Waals surface area contributed by atoms with Gasteiger partial charge in [0.15, 0.2) is 0 Å². The van der Waals surface area contributed by atoms with Gasteiger partial charge in [0.1, 0.15) is 6.54 Å². The van der Waals surface area contributed by atoms with Crippen molar-refractivity contribution >= 4 is 0 Å². The Labute approximate surface area is 152 Å². The summed E-state index contributed by atoms with van der Waals surface area (Å²) in [5.41, 5.74) is 4.62. The summed E-state index contributed by atoms with van der Waals surface area (Å²) in [6, 6.07) is 20.8. The molecular weight excluding hydrogens is 324 g/mol. The van der Waals surface area contributed by atoms with Crippen LogP contribution in [0.3, 0.4) is 0 Å². The number of aromatic nitrogens is 4. The molecule has 130 valence electrons. The molecule has 0 fully saturated rings. The van der Waals surface area contributed by atoms with Gasteiger partial charge in [-0.2, -0.15) is 0 Å². The van der Waals surface area contributed by atoms with E-state index >= 15 is 0 Å². The van der Waals surface area contributed by atoms with Crippen LogP contribution in [0.25, 0.3) is 11.3 Å². The highest BCUT2D eigenvalue weighted by molar-refractivity contribution is 5.62. The van der Waals surface area contributed by atoms with Crippen LogP contribution in [0.5, 0.6) is 0 Å². The molecule has 2 aromatic heterocycles. The fourth-order valence-electron chi connectivity index (χ4n) is 3.10. The van der Waals surface area contributed by atoms with Crippen LogP contribution in [0.2, 0.25) is 0 Å². The van der Waals surface area contributed by atoms with Gasteiger partial charge in [-0.05, 0) is 18.4 Å². The lowest BCUT2D eigenvalue weighted by Crippen LogP contribution is -2.06. The Bertz CT molecular complexity index is 974. The van der Waals surface area contributed by atoms with Gasteiger partial charge in [0.2, 0.25) is 11.8 Å². The minimum Gasteiger partial charge on any atom is -0.424 e. The number of aryl methyl sites for hydroxylation is 2. The molecule has 0 aliphatic carbocycles. The summed E-state index contributed by atoms with van der Waals surface area (Å²) in [5, 5.41) is 8.04. The highest BCUT2D eigenvalue weighted by atomic mass is 16.4. The van der Waals surface area contributed by atoms with Gasteiger partial charge in [0.25, 0.3) is 0 Å². The van der Waals surface area contributed by atoms with Crippen LogP contribution in [-0.2, 0) is 19.4 Å². The molecular formula is C21H20N4O. The molecule has 0 amide bonds. The van der Waals surface area contributed by atoms with E-state index in [0.29, 0.717) is 18.3 Å². The lowest BCUT2D eigenvalue weighted by molar-refractivity contribution is 0.451. The van der Waals surface area contributed by atoms with Crippen molar-refractivity contribution in [2.24, 2.45) is 0 Å². The molecule has 0 aliphatic rings. The third kappa shape index (κ3) is 3.57. The summed E-state index contributed by atoms with van der Waals surface area (Å²) >= 11 is 0. The molecule has 0 spiro atoms. The molecule has 5 heteroatoms. The van der Waals surface area contributed by atoms with Crippen molar-refractivity contribution in [1.29, 1.82) is 0 Å². The van der Waals surface area contributed by atoms with Crippen molar-refractivity contribution in [3.8, 4) is 11.3 Å². The van der Waals surface area contributed by atoms with E-state index in [1.165, 1.54) is 11.3 Å². The Hall–Kier alpha value is -3.21. The Kier molecular flexibility index (Phi) is 4.60. The first-order valence-electron chi connectivity index (χ1n) is 8.72. The molecule has 0 saturated carbocycles. The van der Waals surface area contributed by atoms with Crippen LogP contribution in [-0.4, -0.2) is 19.7 Å². The predicted octanol–water partition coefficient (Wildman–Crippen LogP) is 4.08. The molecule has 0 bridgehead atoms. The molecule has 0 aliphatic heterocycles. The summed E-state index contributed by atoms with van der Waals surface area (Å²) in [6.07, 6.45) is 3.71. The number of hydrogen-bond acceptors (Lipinski definition) is 4. The first kappa shape index (κ1) is 16.3. The van der Waals surface area contributed by atoms with Crippen molar-refractivity contribution < 1.29 is 4.42 Å². The minimum atomic E-state index is 0.533. The molecule has 0 unspecified atom stereocenters. The molecule has 26 heavy (non-hydrogen) atoms. The Morgan fingerprint density at radius 2 is 1.62 bits per heavy atom. The van der Waals surface area contributed by atoms with Crippen molar-refractivity contribution in [2.45, 2.75) is 26.3 Å². The molecule has 0 radical (unpaired) electrons. The minimum absolute atomic E-state index is 0.533. The first-order chi connectivity index (χ1) is 12.8. The summed E-state index contributed by atoms with van der Waals surface area (Å²) in [4.78, 5) is 4.67. The van der Waals surface area contributed by atoms with E-state index in [-0.39, 0.29) is 0 Å². The number of nitrogens with zero attached hydrogens (tertiary/aromatic N) is 4. The zero-order chi connectivity index (χ0) is 17.8. The van der Waals surface area contributed by atoms with Crippen molar-refractivity contribution in [2.75, 3.05) is 0 Å². The lowest BCUT2D eigenvalue weighted by Gasteiger charge is -2.09. The number of rotatable bonds is 6. The fourth-order valence-corrected chi connectivity index (χ4v) is 3.10. The molecule has 2 heterocycles. The monoisotopic (exact) mass is 344 g/mol. The molecule has 4 aromatic rings. The van der Waals surface area contributed by atoms with Crippen molar-refractivity contribution in [3.05, 3.63) is 90.0 Å². The first-order valence-corrected chi connectivity index (χ1v) is 8.72. The highest BCUT2D eigenvalue weighted by Gasteiger charge is 2.15. The quantitative estimate of drug-likeness (QED) is 0.529. The fraction of sp³-hybridized carbons (Fsp3) is 0.190. The maximum absolute atomic E-state index is 5.55. The van der Waals surface area contributed by atoms with Gasteiger partial charge < -0.3 is 8.98 Å². The van der Waals surface area contributed by atoms with E-state index < -0.39 is 0 Å². The van der Waals surface area contributed by atoms with Crippen LogP contribution in [0, 0.1) is 6.92 Å². The van der Waals surface area contributed by atoms with Gasteiger partial charge in [-0.25, -0.2) is 4.98 Å². The van der Waals surface area contributed by atoms with Gasteiger partial charge in [0, 0.05) is 18.2 Å². The van der Waals surface area contributed by atoms with E-state index in [0.717, 1.165) is 24.1 Å². The molecule has 0 N–H and O–H groups in total. The van der Waals surface area contributed by atoms with Gasteiger partial charge in [-0.3, -0.25) is 0 Å². The second-order valence-electron chi connectivity index (χ2n) is 6.23.